The van der Waals surface area contributed by atoms with Crippen LogP contribution in [-0.4, -0.2) is 29.3 Å². The number of ether oxygens (including phenoxy) is 1. The number of likely N-dealkylation sites (tertiary alicyclic amines) is 1. The summed E-state index contributed by atoms with van der Waals surface area (Å²) in [4.78, 5) is 2.56. The molecule has 2 aliphatic rings. The Balaban J connectivity index is 1.50. The van der Waals surface area contributed by atoms with E-state index >= 15 is 0 Å². The van der Waals surface area contributed by atoms with Crippen molar-refractivity contribution in [2.24, 2.45) is 0 Å². The molecule has 0 amide bonds. The van der Waals surface area contributed by atoms with Crippen LogP contribution in [0.25, 0.3) is 0 Å². The second-order valence-corrected chi connectivity index (χ2v) is 6.90. The van der Waals surface area contributed by atoms with Gasteiger partial charge in [-0.05, 0) is 61.4 Å². The standard InChI is InChI=1S/C20H22N2OS/c24-20(21-16-9-2-1-3-10-16)23-18-14-15-8-4-5-11-17(15)19(18)22-12-6-7-13-22/h1-5,8-11,18-19H,6-7,12-14H2,(H,21,24)/t18-,19+/m0/s1. The molecule has 24 heavy (non-hydrogen) atoms. The summed E-state index contributed by atoms with van der Waals surface area (Å²) < 4.78 is 6.20. The maximum absolute atomic E-state index is 6.20. The summed E-state index contributed by atoms with van der Waals surface area (Å²) in [6, 6.07) is 19.0. The topological polar surface area (TPSA) is 24.5 Å². The number of nitrogens with zero attached hydrogens (tertiary/aromatic N) is 1. The van der Waals surface area contributed by atoms with Gasteiger partial charge in [-0.1, -0.05) is 42.5 Å². The number of benzene rings is 2. The quantitative estimate of drug-likeness (QED) is 0.849. The Labute approximate surface area is 148 Å². The Morgan fingerprint density at radius 3 is 2.50 bits per heavy atom. The van der Waals surface area contributed by atoms with Crippen LogP contribution in [-0.2, 0) is 11.2 Å². The van der Waals surface area contributed by atoms with E-state index in [9.17, 15) is 0 Å². The van der Waals surface area contributed by atoms with Crippen LogP contribution in [0.4, 0.5) is 5.69 Å². The minimum atomic E-state index is 0.0872. The Hall–Kier alpha value is -1.91. The zero-order valence-electron chi connectivity index (χ0n) is 13.7. The number of thiocarbonyl (C=S) groups is 1. The lowest BCUT2D eigenvalue weighted by atomic mass is 10.1. The Morgan fingerprint density at radius 2 is 1.71 bits per heavy atom. The predicted molar refractivity (Wildman–Crippen MR) is 101 cm³/mol. The summed E-state index contributed by atoms with van der Waals surface area (Å²) in [5, 5.41) is 3.66. The lowest BCUT2D eigenvalue weighted by molar-refractivity contribution is 0.0881. The molecule has 2 atom stereocenters. The van der Waals surface area contributed by atoms with Crippen molar-refractivity contribution in [3.05, 3.63) is 65.7 Å². The number of nitrogens with one attached hydrogen (secondary N) is 1. The number of hydrogen-bond acceptors (Lipinski definition) is 3. The first-order chi connectivity index (χ1) is 11.8. The van der Waals surface area contributed by atoms with Crippen molar-refractivity contribution < 1.29 is 4.74 Å². The van der Waals surface area contributed by atoms with Crippen molar-refractivity contribution in [3.8, 4) is 0 Å². The fraction of sp³-hybridized carbons (Fsp3) is 0.350. The highest BCUT2D eigenvalue weighted by atomic mass is 32.1. The van der Waals surface area contributed by atoms with Crippen molar-refractivity contribution in [1.82, 2.24) is 4.90 Å². The van der Waals surface area contributed by atoms with Crippen molar-refractivity contribution in [2.45, 2.75) is 31.4 Å². The third-order valence-corrected chi connectivity index (χ3v) is 5.16. The summed E-state index contributed by atoms with van der Waals surface area (Å²) in [5.41, 5.74) is 3.77. The van der Waals surface area contributed by atoms with Crippen molar-refractivity contribution in [1.29, 1.82) is 0 Å². The van der Waals surface area contributed by atoms with Crippen LogP contribution in [0.2, 0.25) is 0 Å². The van der Waals surface area contributed by atoms with Gasteiger partial charge in [-0.15, -0.1) is 0 Å². The van der Waals surface area contributed by atoms with Crippen molar-refractivity contribution >= 4 is 23.1 Å². The first-order valence-electron chi connectivity index (χ1n) is 8.66. The summed E-state index contributed by atoms with van der Waals surface area (Å²) >= 11 is 5.46. The fourth-order valence-electron chi connectivity index (χ4n) is 3.90. The molecule has 1 aliphatic heterocycles. The Morgan fingerprint density at radius 1 is 1.00 bits per heavy atom. The molecule has 2 aromatic rings. The number of hydrogen-bond donors (Lipinski definition) is 1. The minimum absolute atomic E-state index is 0.0872. The number of fused-ring (bicyclic) bond motifs is 1. The number of para-hydroxylation sites is 1. The van der Waals surface area contributed by atoms with Gasteiger partial charge in [0.15, 0.2) is 0 Å². The number of rotatable bonds is 3. The molecule has 4 rings (SSSR count). The van der Waals surface area contributed by atoms with Crippen LogP contribution >= 0.6 is 12.2 Å². The summed E-state index contributed by atoms with van der Waals surface area (Å²) in [6.07, 6.45) is 3.56. The molecule has 0 unspecified atom stereocenters. The molecule has 3 nitrogen and oxygen atoms in total. The van der Waals surface area contributed by atoms with Crippen molar-refractivity contribution in [2.75, 3.05) is 18.4 Å². The van der Waals surface area contributed by atoms with E-state index in [1.807, 2.05) is 30.3 Å². The average Bonchev–Trinajstić information content (AvgIpc) is 3.22. The van der Waals surface area contributed by atoms with Gasteiger partial charge < -0.3 is 10.1 Å². The lowest BCUT2D eigenvalue weighted by Gasteiger charge is -2.30. The largest absolute Gasteiger partial charge is 0.465 e. The molecule has 1 aliphatic carbocycles. The SMILES string of the molecule is S=C(Nc1ccccc1)O[C@H]1Cc2ccccc2[C@H]1N1CCCC1. The maximum Gasteiger partial charge on any atom is 0.261 e. The summed E-state index contributed by atoms with van der Waals surface area (Å²) in [6.45, 7) is 2.30. The minimum Gasteiger partial charge on any atom is -0.465 e. The summed E-state index contributed by atoms with van der Waals surface area (Å²) in [7, 11) is 0. The van der Waals surface area contributed by atoms with Gasteiger partial charge >= 0.3 is 0 Å². The highest BCUT2D eigenvalue weighted by Gasteiger charge is 2.39. The monoisotopic (exact) mass is 338 g/mol. The normalized spacial score (nSPS) is 23.0. The molecular weight excluding hydrogens is 316 g/mol. The highest BCUT2D eigenvalue weighted by Crippen LogP contribution is 2.39. The molecular formula is C20H22N2OS. The third-order valence-electron chi connectivity index (χ3n) is 4.96. The first kappa shape index (κ1) is 15.6. The van der Waals surface area contributed by atoms with E-state index in [-0.39, 0.29) is 6.10 Å². The molecule has 1 fully saturated rings. The van der Waals surface area contributed by atoms with Gasteiger partial charge in [0.25, 0.3) is 5.17 Å². The lowest BCUT2D eigenvalue weighted by Crippen LogP contribution is -2.35. The van der Waals surface area contributed by atoms with Gasteiger partial charge in [-0.3, -0.25) is 4.90 Å². The molecule has 0 saturated carbocycles. The molecule has 1 heterocycles. The molecule has 0 bridgehead atoms. The van der Waals surface area contributed by atoms with Crippen LogP contribution < -0.4 is 5.32 Å². The Kier molecular flexibility index (Phi) is 4.50. The van der Waals surface area contributed by atoms with E-state index in [1.54, 1.807) is 0 Å². The van der Waals surface area contributed by atoms with Crippen LogP contribution in [0, 0.1) is 0 Å². The van der Waals surface area contributed by atoms with Gasteiger partial charge in [-0.25, -0.2) is 0 Å². The molecule has 1 N–H and O–H groups in total. The highest BCUT2D eigenvalue weighted by molar-refractivity contribution is 7.80. The first-order valence-corrected chi connectivity index (χ1v) is 9.06. The van der Waals surface area contributed by atoms with Crippen LogP contribution in [0.5, 0.6) is 0 Å². The van der Waals surface area contributed by atoms with Gasteiger partial charge in [-0.2, -0.15) is 0 Å². The number of anilines is 1. The van der Waals surface area contributed by atoms with E-state index in [0.717, 1.165) is 25.2 Å². The van der Waals surface area contributed by atoms with E-state index in [1.165, 1.54) is 24.0 Å². The van der Waals surface area contributed by atoms with Crippen LogP contribution in [0.3, 0.4) is 0 Å². The van der Waals surface area contributed by atoms with E-state index < -0.39 is 0 Å². The fourth-order valence-corrected chi connectivity index (χ4v) is 4.14. The third kappa shape index (κ3) is 3.17. The van der Waals surface area contributed by atoms with E-state index in [0.29, 0.717) is 11.2 Å². The van der Waals surface area contributed by atoms with Gasteiger partial charge in [0.1, 0.15) is 6.10 Å². The van der Waals surface area contributed by atoms with E-state index in [2.05, 4.69) is 34.5 Å². The summed E-state index contributed by atoms with van der Waals surface area (Å²) in [5.74, 6) is 0. The molecule has 1 saturated heterocycles. The smallest absolute Gasteiger partial charge is 0.261 e. The van der Waals surface area contributed by atoms with Gasteiger partial charge in [0, 0.05) is 12.1 Å². The molecule has 0 spiro atoms. The second kappa shape index (κ2) is 6.91. The maximum atomic E-state index is 6.20. The molecule has 124 valence electrons. The molecule has 0 aromatic heterocycles. The van der Waals surface area contributed by atoms with Crippen molar-refractivity contribution in [3.63, 3.8) is 0 Å². The van der Waals surface area contributed by atoms with Gasteiger partial charge in [0.2, 0.25) is 0 Å². The predicted octanol–water partition coefficient (Wildman–Crippen LogP) is 4.16. The zero-order chi connectivity index (χ0) is 16.4. The molecule has 2 aromatic carbocycles. The van der Waals surface area contributed by atoms with Crippen LogP contribution in [0.15, 0.2) is 54.6 Å². The van der Waals surface area contributed by atoms with Crippen LogP contribution in [0.1, 0.15) is 30.0 Å². The second-order valence-electron chi connectivity index (χ2n) is 6.53. The molecule has 4 heteroatoms. The Bertz CT molecular complexity index is 713. The van der Waals surface area contributed by atoms with Gasteiger partial charge in [0.05, 0.1) is 6.04 Å². The van der Waals surface area contributed by atoms with E-state index in [4.69, 9.17) is 17.0 Å². The molecule has 0 radical (unpaired) electrons. The average molecular weight is 338 g/mol. The zero-order valence-corrected chi connectivity index (χ0v) is 14.5.